The van der Waals surface area contributed by atoms with Gasteiger partial charge in [-0.25, -0.2) is 19.9 Å². The number of morpholine rings is 1. The van der Waals surface area contributed by atoms with E-state index in [-0.39, 0.29) is 11.5 Å². The molecule has 0 saturated carbocycles. The average molecular weight is 486 g/mol. The van der Waals surface area contributed by atoms with Gasteiger partial charge in [0.2, 0.25) is 0 Å². The van der Waals surface area contributed by atoms with Crippen LogP contribution >= 0.6 is 0 Å². The van der Waals surface area contributed by atoms with Crippen LogP contribution in [0.4, 0.5) is 23.1 Å². The van der Waals surface area contributed by atoms with E-state index in [0.717, 1.165) is 5.52 Å². The summed E-state index contributed by atoms with van der Waals surface area (Å²) < 4.78 is 7.22. The molecule has 5 heterocycles. The van der Waals surface area contributed by atoms with Crippen LogP contribution in [0.15, 0.2) is 31.0 Å². The van der Waals surface area contributed by atoms with Gasteiger partial charge in [-0.05, 0) is 6.07 Å². The zero-order chi connectivity index (χ0) is 25.2. The van der Waals surface area contributed by atoms with Crippen LogP contribution < -0.4 is 21.3 Å². The Labute approximate surface area is 206 Å². The predicted molar refractivity (Wildman–Crippen MR) is 133 cm³/mol. The topological polar surface area (TPSA) is 173 Å². The SMILES string of the molecule is CNc1nc(Nc2cnc(N3CCOCC3)c(C#N)c2)c(C(N)=O)nc1-c1cncc2c1ncn2C. The van der Waals surface area contributed by atoms with Gasteiger partial charge in [-0.2, -0.15) is 5.26 Å². The minimum atomic E-state index is -0.770. The van der Waals surface area contributed by atoms with Gasteiger partial charge in [0, 0.05) is 33.4 Å². The maximum absolute atomic E-state index is 12.4. The molecule has 13 nitrogen and oxygen atoms in total. The number of aromatic nitrogens is 6. The van der Waals surface area contributed by atoms with E-state index in [4.69, 9.17) is 10.5 Å². The lowest BCUT2D eigenvalue weighted by Gasteiger charge is -2.28. The number of nitrogens with one attached hydrogen (secondary N) is 2. The summed E-state index contributed by atoms with van der Waals surface area (Å²) in [6.07, 6.45) is 6.56. The maximum Gasteiger partial charge on any atom is 0.271 e. The number of rotatable bonds is 6. The average Bonchev–Trinajstić information content (AvgIpc) is 3.29. The molecule has 0 radical (unpaired) electrons. The van der Waals surface area contributed by atoms with Crippen molar-refractivity contribution in [2.75, 3.05) is 48.9 Å². The number of primary amides is 1. The molecule has 1 aliphatic heterocycles. The monoisotopic (exact) mass is 485 g/mol. The number of anilines is 4. The Morgan fingerprint density at radius 1 is 1.17 bits per heavy atom. The van der Waals surface area contributed by atoms with E-state index in [1.807, 2.05) is 16.5 Å². The van der Waals surface area contributed by atoms with E-state index < -0.39 is 5.91 Å². The lowest BCUT2D eigenvalue weighted by Crippen LogP contribution is -2.37. The number of nitriles is 1. The first-order valence-corrected chi connectivity index (χ1v) is 11.1. The molecular formula is C23H23N11O2. The summed E-state index contributed by atoms with van der Waals surface area (Å²) in [6, 6.07) is 3.84. The van der Waals surface area contributed by atoms with Gasteiger partial charge in [0.05, 0.1) is 54.3 Å². The molecule has 4 aromatic heterocycles. The van der Waals surface area contributed by atoms with Gasteiger partial charge in [-0.1, -0.05) is 0 Å². The number of nitrogens with two attached hydrogens (primary N) is 1. The summed E-state index contributed by atoms with van der Waals surface area (Å²) in [6.45, 7) is 2.45. The Hall–Kier alpha value is -4.83. The highest BCUT2D eigenvalue weighted by Crippen LogP contribution is 2.32. The Morgan fingerprint density at radius 2 is 1.97 bits per heavy atom. The van der Waals surface area contributed by atoms with Gasteiger partial charge in [0.15, 0.2) is 17.3 Å². The van der Waals surface area contributed by atoms with Crippen LogP contribution in [0.5, 0.6) is 0 Å². The standard InChI is InChI=1S/C23H23N11O2/c1-26-21-18(15-10-27-11-16-17(15)29-12-33(16)2)31-19(20(25)35)22(32-21)30-14-7-13(8-24)23(28-9-14)34-3-5-36-6-4-34/h7,9-12H,3-6H2,1-2H3,(H2,25,35)(H2,26,30,32). The Balaban J connectivity index is 1.56. The summed E-state index contributed by atoms with van der Waals surface area (Å²) in [4.78, 5) is 36.7. The normalized spacial score (nSPS) is 13.4. The molecule has 0 unspecified atom stereocenters. The predicted octanol–water partition coefficient (Wildman–Crippen LogP) is 1.41. The van der Waals surface area contributed by atoms with Crippen molar-refractivity contribution in [2.24, 2.45) is 12.8 Å². The number of imidazole rings is 1. The molecule has 1 fully saturated rings. The Morgan fingerprint density at radius 3 is 2.69 bits per heavy atom. The third-order valence-corrected chi connectivity index (χ3v) is 5.82. The fraction of sp³-hybridized carbons (Fsp3) is 0.261. The molecule has 13 heteroatoms. The molecule has 1 saturated heterocycles. The summed E-state index contributed by atoms with van der Waals surface area (Å²) in [5.41, 5.74) is 8.89. The van der Waals surface area contributed by atoms with Crippen molar-refractivity contribution >= 4 is 40.1 Å². The van der Waals surface area contributed by atoms with Crippen molar-refractivity contribution in [3.63, 3.8) is 0 Å². The second kappa shape index (κ2) is 9.43. The van der Waals surface area contributed by atoms with Crippen LogP contribution in [0.25, 0.3) is 22.3 Å². The van der Waals surface area contributed by atoms with Crippen LogP contribution in [0.2, 0.25) is 0 Å². The number of fused-ring (bicyclic) bond motifs is 1. The van der Waals surface area contributed by atoms with Crippen molar-refractivity contribution in [3.8, 4) is 17.3 Å². The molecule has 0 spiro atoms. The summed E-state index contributed by atoms with van der Waals surface area (Å²) in [5, 5.41) is 15.8. The first kappa shape index (κ1) is 22.9. The van der Waals surface area contributed by atoms with Crippen LogP contribution in [0, 0.1) is 11.3 Å². The molecule has 0 aromatic carbocycles. The minimum absolute atomic E-state index is 0.0762. The lowest BCUT2D eigenvalue weighted by molar-refractivity contribution is 0.0996. The van der Waals surface area contributed by atoms with E-state index in [1.54, 1.807) is 38.0 Å². The van der Waals surface area contributed by atoms with Crippen molar-refractivity contribution in [1.82, 2.24) is 29.5 Å². The zero-order valence-corrected chi connectivity index (χ0v) is 19.7. The smallest absolute Gasteiger partial charge is 0.271 e. The number of carbonyl (C=O) groups excluding carboxylic acids is 1. The highest BCUT2D eigenvalue weighted by Gasteiger charge is 2.22. The number of ether oxygens (including phenoxy) is 1. The Bertz CT molecular complexity index is 1500. The molecular weight excluding hydrogens is 462 g/mol. The number of amides is 1. The number of hydrogen-bond donors (Lipinski definition) is 3. The van der Waals surface area contributed by atoms with E-state index in [1.165, 1.54) is 0 Å². The van der Waals surface area contributed by atoms with Gasteiger partial charge in [-0.3, -0.25) is 9.78 Å². The van der Waals surface area contributed by atoms with Crippen molar-refractivity contribution in [1.29, 1.82) is 5.26 Å². The maximum atomic E-state index is 12.4. The highest BCUT2D eigenvalue weighted by molar-refractivity contribution is 5.99. The summed E-state index contributed by atoms with van der Waals surface area (Å²) >= 11 is 0. The van der Waals surface area contributed by atoms with E-state index in [0.29, 0.717) is 66.0 Å². The molecule has 0 atom stereocenters. The molecule has 0 bridgehead atoms. The van der Waals surface area contributed by atoms with Crippen molar-refractivity contribution in [2.45, 2.75) is 0 Å². The third kappa shape index (κ3) is 4.10. The summed E-state index contributed by atoms with van der Waals surface area (Å²) in [7, 11) is 3.56. The fourth-order valence-electron chi connectivity index (χ4n) is 4.04. The molecule has 182 valence electrons. The van der Waals surface area contributed by atoms with Crippen LogP contribution in [-0.4, -0.2) is 68.7 Å². The number of hydrogen-bond acceptors (Lipinski definition) is 11. The molecule has 36 heavy (non-hydrogen) atoms. The molecule has 1 amide bonds. The quantitative estimate of drug-likeness (QED) is 0.360. The summed E-state index contributed by atoms with van der Waals surface area (Å²) in [5.74, 6) is 0.325. The zero-order valence-electron chi connectivity index (χ0n) is 19.7. The largest absolute Gasteiger partial charge is 0.378 e. The van der Waals surface area contributed by atoms with Crippen molar-refractivity contribution < 1.29 is 9.53 Å². The van der Waals surface area contributed by atoms with Gasteiger partial charge in [0.25, 0.3) is 5.91 Å². The van der Waals surface area contributed by atoms with Crippen molar-refractivity contribution in [3.05, 3.63) is 42.2 Å². The van der Waals surface area contributed by atoms with E-state index in [2.05, 4.69) is 41.6 Å². The molecule has 4 aromatic rings. The fourth-order valence-corrected chi connectivity index (χ4v) is 4.04. The number of aryl methyl sites for hydroxylation is 1. The molecule has 4 N–H and O–H groups in total. The van der Waals surface area contributed by atoms with Gasteiger partial charge < -0.3 is 30.6 Å². The lowest BCUT2D eigenvalue weighted by atomic mass is 10.1. The van der Waals surface area contributed by atoms with Gasteiger partial charge in [0.1, 0.15) is 23.1 Å². The second-order valence-corrected chi connectivity index (χ2v) is 8.07. The minimum Gasteiger partial charge on any atom is -0.378 e. The third-order valence-electron chi connectivity index (χ3n) is 5.82. The first-order valence-electron chi connectivity index (χ1n) is 11.1. The number of pyridine rings is 2. The highest BCUT2D eigenvalue weighted by atomic mass is 16.5. The number of carbonyl (C=O) groups is 1. The molecule has 0 aliphatic carbocycles. The van der Waals surface area contributed by atoms with Gasteiger partial charge in [-0.15, -0.1) is 0 Å². The van der Waals surface area contributed by atoms with Gasteiger partial charge >= 0.3 is 0 Å². The van der Waals surface area contributed by atoms with E-state index in [9.17, 15) is 10.1 Å². The molecule has 5 rings (SSSR count). The van der Waals surface area contributed by atoms with E-state index >= 15 is 0 Å². The second-order valence-electron chi connectivity index (χ2n) is 8.07. The number of nitrogens with zero attached hydrogens (tertiary/aromatic N) is 8. The molecule has 1 aliphatic rings. The van der Waals surface area contributed by atoms with Crippen LogP contribution in [0.1, 0.15) is 16.1 Å². The first-order chi connectivity index (χ1) is 17.5. The van der Waals surface area contributed by atoms with Crippen LogP contribution in [-0.2, 0) is 11.8 Å². The Kier molecular flexibility index (Phi) is 6.01. The van der Waals surface area contributed by atoms with Crippen LogP contribution in [0.3, 0.4) is 0 Å².